The number of hydrogen-bond acceptors (Lipinski definition) is 4. The van der Waals surface area contributed by atoms with Crippen LogP contribution in [-0.2, 0) is 0 Å². The second-order valence-corrected chi connectivity index (χ2v) is 5.92. The van der Waals surface area contributed by atoms with E-state index < -0.39 is 11.5 Å². The number of anilines is 1. The number of fused-ring (bicyclic) bond motifs is 1. The van der Waals surface area contributed by atoms with E-state index in [1.807, 2.05) is 19.9 Å². The lowest BCUT2D eigenvalue weighted by molar-refractivity contribution is 0.102. The lowest BCUT2D eigenvalue weighted by Gasteiger charge is -2.11. The molecule has 2 aromatic carbocycles. The van der Waals surface area contributed by atoms with Crippen LogP contribution < -0.4 is 15.7 Å². The number of benzene rings is 2. The molecule has 0 fully saturated rings. The van der Waals surface area contributed by atoms with Gasteiger partial charge in [0, 0.05) is 28.2 Å². The summed E-state index contributed by atoms with van der Waals surface area (Å²) in [5.74, 6) is 0.161. The first-order valence-corrected chi connectivity index (χ1v) is 8.14. The number of nitrogens with one attached hydrogen (secondary N) is 1. The van der Waals surface area contributed by atoms with Crippen molar-refractivity contribution in [1.29, 1.82) is 0 Å². The highest BCUT2D eigenvalue weighted by atomic mass is 35.5. The Hall–Kier alpha value is -2.79. The van der Waals surface area contributed by atoms with Gasteiger partial charge in [0.2, 0.25) is 0 Å². The minimum Gasteiger partial charge on any atom is -0.494 e. The lowest BCUT2D eigenvalue weighted by atomic mass is 10.1. The zero-order valence-electron chi connectivity index (χ0n) is 13.8. The molecule has 128 valence electrons. The molecule has 0 saturated heterocycles. The molecular weight excluding hydrogens is 342 g/mol. The summed E-state index contributed by atoms with van der Waals surface area (Å²) < 4.78 is 10.6. The monoisotopic (exact) mass is 357 g/mol. The summed E-state index contributed by atoms with van der Waals surface area (Å²) in [7, 11) is 0. The quantitative estimate of drug-likeness (QED) is 0.702. The molecule has 1 N–H and O–H groups in total. The van der Waals surface area contributed by atoms with Gasteiger partial charge in [0.25, 0.3) is 5.91 Å². The van der Waals surface area contributed by atoms with Gasteiger partial charge >= 0.3 is 5.63 Å². The number of rotatable bonds is 4. The Labute approximate surface area is 149 Å². The van der Waals surface area contributed by atoms with Gasteiger partial charge in [-0.05, 0) is 43.7 Å². The number of ether oxygens (including phenoxy) is 1. The summed E-state index contributed by atoms with van der Waals surface area (Å²) in [6.45, 7) is 4.21. The summed E-state index contributed by atoms with van der Waals surface area (Å²) in [5, 5.41) is 3.83. The molecule has 0 aliphatic rings. The number of carbonyl (C=O) groups excluding carboxylic acids is 1. The summed E-state index contributed by atoms with van der Waals surface area (Å²) in [6.07, 6.45) is 0. The van der Waals surface area contributed by atoms with E-state index in [1.54, 1.807) is 30.3 Å². The normalized spacial score (nSPS) is 10.7. The van der Waals surface area contributed by atoms with Crippen LogP contribution in [-0.4, -0.2) is 12.5 Å². The minimum absolute atomic E-state index is 0.230. The maximum absolute atomic E-state index is 12.7. The Morgan fingerprint density at radius 1 is 1.20 bits per heavy atom. The molecule has 0 aliphatic heterocycles. The van der Waals surface area contributed by atoms with Gasteiger partial charge in [-0.1, -0.05) is 17.7 Å². The van der Waals surface area contributed by atoms with Crippen LogP contribution in [0.1, 0.15) is 22.8 Å². The molecule has 0 spiro atoms. The van der Waals surface area contributed by atoms with E-state index in [9.17, 15) is 9.59 Å². The van der Waals surface area contributed by atoms with E-state index in [0.717, 1.165) is 5.56 Å². The lowest BCUT2D eigenvalue weighted by Crippen LogP contribution is -2.15. The van der Waals surface area contributed by atoms with Gasteiger partial charge in [0.1, 0.15) is 11.3 Å². The van der Waals surface area contributed by atoms with E-state index in [4.69, 9.17) is 20.8 Å². The zero-order valence-corrected chi connectivity index (χ0v) is 14.5. The van der Waals surface area contributed by atoms with E-state index in [-0.39, 0.29) is 5.56 Å². The molecule has 0 unspecified atom stereocenters. The third kappa shape index (κ3) is 3.67. The SMILES string of the molecule is CCOc1ccc2c(C(=O)Nc3cc(Cl)ccc3C)cc(=O)oc2c1. The molecule has 1 aromatic heterocycles. The van der Waals surface area contributed by atoms with Gasteiger partial charge in [-0.3, -0.25) is 4.79 Å². The molecule has 25 heavy (non-hydrogen) atoms. The standard InChI is InChI=1S/C19H16ClNO4/c1-3-24-13-6-7-14-15(10-18(22)25-17(14)9-13)19(23)21-16-8-12(20)5-4-11(16)2/h4-10H,3H2,1-2H3,(H,21,23). The van der Waals surface area contributed by atoms with Crippen LogP contribution in [0.4, 0.5) is 5.69 Å². The topological polar surface area (TPSA) is 68.5 Å². The van der Waals surface area contributed by atoms with Crippen molar-refractivity contribution in [2.24, 2.45) is 0 Å². The van der Waals surface area contributed by atoms with Crippen LogP contribution in [0.5, 0.6) is 5.75 Å². The summed E-state index contributed by atoms with van der Waals surface area (Å²) >= 11 is 5.98. The first-order chi connectivity index (χ1) is 12.0. The maximum Gasteiger partial charge on any atom is 0.337 e. The largest absolute Gasteiger partial charge is 0.494 e. The van der Waals surface area contributed by atoms with Gasteiger partial charge in [-0.2, -0.15) is 0 Å². The van der Waals surface area contributed by atoms with E-state index in [0.29, 0.717) is 34.0 Å². The smallest absolute Gasteiger partial charge is 0.337 e. The van der Waals surface area contributed by atoms with Crippen LogP contribution in [0.15, 0.2) is 51.7 Å². The number of amides is 1. The third-order valence-corrected chi connectivity index (χ3v) is 3.95. The Kier molecular flexibility index (Phi) is 4.76. The maximum atomic E-state index is 12.7. The van der Waals surface area contributed by atoms with Crippen LogP contribution >= 0.6 is 11.6 Å². The van der Waals surface area contributed by atoms with Crippen molar-refractivity contribution >= 4 is 34.2 Å². The molecule has 0 atom stereocenters. The fraction of sp³-hybridized carbons (Fsp3) is 0.158. The van der Waals surface area contributed by atoms with Gasteiger partial charge in [0.15, 0.2) is 0 Å². The molecule has 0 radical (unpaired) electrons. The molecule has 1 heterocycles. The third-order valence-electron chi connectivity index (χ3n) is 3.72. The van der Waals surface area contributed by atoms with E-state index in [1.165, 1.54) is 6.07 Å². The van der Waals surface area contributed by atoms with Crippen molar-refractivity contribution in [2.75, 3.05) is 11.9 Å². The Balaban J connectivity index is 2.03. The van der Waals surface area contributed by atoms with Crippen molar-refractivity contribution in [3.8, 4) is 5.75 Å². The first kappa shape index (κ1) is 17.0. The Morgan fingerprint density at radius 3 is 2.76 bits per heavy atom. The van der Waals surface area contributed by atoms with Gasteiger partial charge in [-0.15, -0.1) is 0 Å². The van der Waals surface area contributed by atoms with Gasteiger partial charge < -0.3 is 14.5 Å². The summed E-state index contributed by atoms with van der Waals surface area (Å²) in [6, 6.07) is 11.4. The van der Waals surface area contributed by atoms with Crippen molar-refractivity contribution < 1.29 is 13.9 Å². The molecule has 0 bridgehead atoms. The average molecular weight is 358 g/mol. The number of hydrogen-bond donors (Lipinski definition) is 1. The highest BCUT2D eigenvalue weighted by Crippen LogP contribution is 2.25. The van der Waals surface area contributed by atoms with Crippen molar-refractivity contribution in [3.63, 3.8) is 0 Å². The molecule has 0 aliphatic carbocycles. The predicted octanol–water partition coefficient (Wildman–Crippen LogP) is 4.41. The Bertz CT molecular complexity index is 1010. The minimum atomic E-state index is -0.603. The van der Waals surface area contributed by atoms with Crippen LogP contribution in [0.2, 0.25) is 5.02 Å². The molecule has 3 aromatic rings. The van der Waals surface area contributed by atoms with E-state index in [2.05, 4.69) is 5.32 Å². The predicted molar refractivity (Wildman–Crippen MR) is 97.8 cm³/mol. The summed E-state index contributed by atoms with van der Waals surface area (Å²) in [5.41, 5.74) is 1.38. The first-order valence-electron chi connectivity index (χ1n) is 7.76. The van der Waals surface area contributed by atoms with Crippen molar-refractivity contribution in [3.05, 3.63) is 69.0 Å². The molecule has 0 saturated carbocycles. The van der Waals surface area contributed by atoms with E-state index >= 15 is 0 Å². The number of halogens is 1. The van der Waals surface area contributed by atoms with Gasteiger partial charge in [0.05, 0.1) is 12.2 Å². The van der Waals surface area contributed by atoms with Crippen LogP contribution in [0, 0.1) is 6.92 Å². The molecule has 5 nitrogen and oxygen atoms in total. The zero-order chi connectivity index (χ0) is 18.0. The fourth-order valence-electron chi connectivity index (χ4n) is 2.51. The highest BCUT2D eigenvalue weighted by Gasteiger charge is 2.15. The average Bonchev–Trinajstić information content (AvgIpc) is 2.57. The number of carbonyl (C=O) groups is 1. The fourth-order valence-corrected chi connectivity index (χ4v) is 2.68. The second-order valence-electron chi connectivity index (χ2n) is 5.48. The highest BCUT2D eigenvalue weighted by molar-refractivity contribution is 6.31. The second kappa shape index (κ2) is 6.99. The van der Waals surface area contributed by atoms with Crippen LogP contribution in [0.25, 0.3) is 11.0 Å². The Morgan fingerprint density at radius 2 is 2.00 bits per heavy atom. The molecule has 3 rings (SSSR count). The molecular formula is C19H16ClNO4. The number of aryl methyl sites for hydroxylation is 1. The molecule has 6 heteroatoms. The van der Waals surface area contributed by atoms with Crippen LogP contribution in [0.3, 0.4) is 0 Å². The van der Waals surface area contributed by atoms with Gasteiger partial charge in [-0.25, -0.2) is 4.79 Å². The molecule has 1 amide bonds. The van der Waals surface area contributed by atoms with Crippen molar-refractivity contribution in [1.82, 2.24) is 0 Å². The summed E-state index contributed by atoms with van der Waals surface area (Å²) in [4.78, 5) is 24.5. The van der Waals surface area contributed by atoms with Crippen molar-refractivity contribution in [2.45, 2.75) is 13.8 Å².